The second-order valence-electron chi connectivity index (χ2n) is 5.55. The topological polar surface area (TPSA) is 38.7 Å². The molecule has 0 amide bonds. The summed E-state index contributed by atoms with van der Waals surface area (Å²) >= 11 is 9.84. The summed E-state index contributed by atoms with van der Waals surface area (Å²) in [6.07, 6.45) is 6.29. The molecular formula is C18H23ClO3S. The predicted molar refractivity (Wildman–Crippen MR) is 97.7 cm³/mol. The number of hydrogen-bond donors (Lipinski definition) is 1. The van der Waals surface area contributed by atoms with Crippen LogP contribution in [0.25, 0.3) is 0 Å². The van der Waals surface area contributed by atoms with Crippen molar-refractivity contribution in [3.63, 3.8) is 0 Å². The number of rotatable bonds is 3. The first-order valence-electron chi connectivity index (χ1n) is 7.58. The zero-order valence-electron chi connectivity index (χ0n) is 13.7. The lowest BCUT2D eigenvalue weighted by atomic mass is 9.82. The zero-order chi connectivity index (χ0) is 17.5. The normalized spacial score (nSPS) is 29.1. The van der Waals surface area contributed by atoms with Crippen LogP contribution in [0.15, 0.2) is 30.3 Å². The van der Waals surface area contributed by atoms with Gasteiger partial charge in [0, 0.05) is 12.3 Å². The molecule has 2 rings (SSSR count). The number of thiocarbonyl (C=S) groups is 1. The largest absolute Gasteiger partial charge is 0.436 e. The molecule has 0 radical (unpaired) electrons. The van der Waals surface area contributed by atoms with Crippen molar-refractivity contribution in [3.8, 4) is 18.1 Å². The van der Waals surface area contributed by atoms with Gasteiger partial charge in [-0.15, -0.1) is 12.3 Å². The van der Waals surface area contributed by atoms with Crippen molar-refractivity contribution in [1.29, 1.82) is 0 Å². The molecule has 1 aliphatic heterocycles. The molecule has 1 N–H and O–H groups in total. The van der Waals surface area contributed by atoms with Gasteiger partial charge in [-0.2, -0.15) is 0 Å². The van der Waals surface area contributed by atoms with Crippen LogP contribution in [0.4, 0.5) is 0 Å². The Morgan fingerprint density at radius 2 is 2.04 bits per heavy atom. The highest BCUT2D eigenvalue weighted by Crippen LogP contribution is 2.40. The van der Waals surface area contributed by atoms with E-state index in [9.17, 15) is 5.11 Å². The standard InChI is InChI=1S/C11H18O2.C7H5ClOS/c1-5-7-11(6-2)8(3)10(12)9(4)13-11;8-7(10)9-6-4-2-1-3-5-6/h1,8-10,12H,6-7H2,2-4H3;1-5H/t8-,9+,10-,11-;/m1./s1. The summed E-state index contributed by atoms with van der Waals surface area (Å²) in [5.41, 5.74) is -0.298. The molecule has 1 heterocycles. The molecule has 1 fully saturated rings. The lowest BCUT2D eigenvalue weighted by molar-refractivity contribution is -0.0520. The minimum atomic E-state index is -0.381. The van der Waals surface area contributed by atoms with E-state index in [0.717, 1.165) is 6.42 Å². The summed E-state index contributed by atoms with van der Waals surface area (Å²) in [6, 6.07) is 9.17. The van der Waals surface area contributed by atoms with Gasteiger partial charge in [0.25, 0.3) is 4.51 Å². The van der Waals surface area contributed by atoms with Crippen LogP contribution in [-0.2, 0) is 4.74 Å². The molecule has 0 aliphatic carbocycles. The summed E-state index contributed by atoms with van der Waals surface area (Å²) in [6.45, 7) is 5.96. The molecule has 23 heavy (non-hydrogen) atoms. The average molecular weight is 355 g/mol. The number of benzene rings is 1. The highest BCUT2D eigenvalue weighted by atomic mass is 35.5. The third-order valence-corrected chi connectivity index (χ3v) is 4.35. The van der Waals surface area contributed by atoms with E-state index >= 15 is 0 Å². The Kier molecular flexibility index (Phi) is 8.01. The van der Waals surface area contributed by atoms with Gasteiger partial charge < -0.3 is 14.6 Å². The fourth-order valence-corrected chi connectivity index (χ4v) is 2.94. The van der Waals surface area contributed by atoms with Gasteiger partial charge in [0.1, 0.15) is 5.75 Å². The first kappa shape index (κ1) is 19.9. The minimum absolute atomic E-state index is 0.0196. The molecular weight excluding hydrogens is 332 g/mol. The predicted octanol–water partition coefficient (Wildman–Crippen LogP) is 4.16. The number of terminal acetylenes is 1. The molecule has 4 atom stereocenters. The Labute approximate surface area is 148 Å². The van der Waals surface area contributed by atoms with Gasteiger partial charge in [0.15, 0.2) is 0 Å². The molecule has 3 nitrogen and oxygen atoms in total. The van der Waals surface area contributed by atoms with Crippen molar-refractivity contribution in [1.82, 2.24) is 0 Å². The molecule has 0 saturated carbocycles. The summed E-state index contributed by atoms with van der Waals surface area (Å²) in [5, 5.41) is 9.77. The number of aliphatic hydroxyl groups excluding tert-OH is 1. The monoisotopic (exact) mass is 354 g/mol. The Morgan fingerprint density at radius 3 is 2.43 bits per heavy atom. The third kappa shape index (κ3) is 5.47. The highest BCUT2D eigenvalue weighted by molar-refractivity contribution is 7.82. The number of aliphatic hydroxyl groups is 1. The van der Waals surface area contributed by atoms with E-state index in [1.54, 1.807) is 12.1 Å². The molecule has 0 bridgehead atoms. The van der Waals surface area contributed by atoms with Crippen LogP contribution in [0, 0.1) is 18.3 Å². The van der Waals surface area contributed by atoms with Crippen LogP contribution in [0.3, 0.4) is 0 Å². The maximum absolute atomic E-state index is 9.77. The first-order valence-corrected chi connectivity index (χ1v) is 8.36. The van der Waals surface area contributed by atoms with E-state index in [4.69, 9.17) is 27.5 Å². The number of para-hydroxylation sites is 1. The maximum atomic E-state index is 9.77. The Balaban J connectivity index is 0.000000238. The van der Waals surface area contributed by atoms with Gasteiger partial charge in [0.2, 0.25) is 0 Å². The lowest BCUT2D eigenvalue weighted by Crippen LogP contribution is -2.35. The molecule has 1 aromatic rings. The fraction of sp³-hybridized carbons (Fsp3) is 0.500. The summed E-state index contributed by atoms with van der Waals surface area (Å²) in [7, 11) is 0. The minimum Gasteiger partial charge on any atom is -0.436 e. The molecule has 0 spiro atoms. The second kappa shape index (κ2) is 9.24. The Hall–Kier alpha value is -1.12. The van der Waals surface area contributed by atoms with Gasteiger partial charge in [-0.3, -0.25) is 0 Å². The smallest absolute Gasteiger partial charge is 0.260 e. The second-order valence-corrected chi connectivity index (χ2v) is 6.49. The van der Waals surface area contributed by atoms with E-state index in [0.29, 0.717) is 12.2 Å². The van der Waals surface area contributed by atoms with Crippen molar-refractivity contribution in [3.05, 3.63) is 30.3 Å². The average Bonchev–Trinajstić information content (AvgIpc) is 2.73. The maximum Gasteiger partial charge on any atom is 0.260 e. The quantitative estimate of drug-likeness (QED) is 0.502. The summed E-state index contributed by atoms with van der Waals surface area (Å²) < 4.78 is 10.7. The zero-order valence-corrected chi connectivity index (χ0v) is 15.2. The third-order valence-electron chi connectivity index (χ3n) is 4.18. The molecule has 1 aliphatic rings. The van der Waals surface area contributed by atoms with Gasteiger partial charge in [0.05, 0.1) is 17.8 Å². The van der Waals surface area contributed by atoms with Crippen molar-refractivity contribution in [2.24, 2.45) is 5.92 Å². The van der Waals surface area contributed by atoms with Crippen LogP contribution in [0.2, 0.25) is 0 Å². The SMILES string of the molecule is C#CC[C@@]1(CC)O[C@@H](C)[C@H](O)[C@H]1C.S=C(Cl)Oc1ccccc1. The first-order chi connectivity index (χ1) is 10.9. The Bertz CT molecular complexity index is 543. The fourth-order valence-electron chi connectivity index (χ4n) is 2.75. The van der Waals surface area contributed by atoms with E-state index < -0.39 is 0 Å². The highest BCUT2D eigenvalue weighted by Gasteiger charge is 2.48. The van der Waals surface area contributed by atoms with E-state index in [1.165, 1.54) is 0 Å². The molecule has 126 valence electrons. The van der Waals surface area contributed by atoms with Gasteiger partial charge >= 0.3 is 0 Å². The lowest BCUT2D eigenvalue weighted by Gasteiger charge is -2.30. The molecule has 5 heteroatoms. The molecule has 1 saturated heterocycles. The number of hydrogen-bond acceptors (Lipinski definition) is 4. The van der Waals surface area contributed by atoms with E-state index in [1.807, 2.05) is 32.0 Å². The van der Waals surface area contributed by atoms with Crippen LogP contribution >= 0.6 is 23.8 Å². The van der Waals surface area contributed by atoms with Crippen LogP contribution in [0.5, 0.6) is 5.75 Å². The summed E-state index contributed by atoms with van der Waals surface area (Å²) in [5.74, 6) is 3.43. The van der Waals surface area contributed by atoms with E-state index in [2.05, 4.69) is 25.1 Å². The number of ether oxygens (including phenoxy) is 2. The van der Waals surface area contributed by atoms with Crippen LogP contribution < -0.4 is 4.74 Å². The Morgan fingerprint density at radius 1 is 1.43 bits per heavy atom. The van der Waals surface area contributed by atoms with Gasteiger partial charge in [-0.05, 0) is 49.3 Å². The van der Waals surface area contributed by atoms with Crippen molar-refractivity contribution < 1.29 is 14.6 Å². The van der Waals surface area contributed by atoms with Crippen LogP contribution in [-0.4, -0.2) is 27.4 Å². The summed E-state index contributed by atoms with van der Waals surface area (Å²) in [4.78, 5) is 0. The molecule has 1 aromatic carbocycles. The van der Waals surface area contributed by atoms with E-state index in [-0.39, 0.29) is 28.2 Å². The van der Waals surface area contributed by atoms with Crippen LogP contribution in [0.1, 0.15) is 33.6 Å². The van der Waals surface area contributed by atoms with Crippen molar-refractivity contribution in [2.45, 2.75) is 51.4 Å². The van der Waals surface area contributed by atoms with Gasteiger partial charge in [-0.25, -0.2) is 0 Å². The molecule has 0 aromatic heterocycles. The van der Waals surface area contributed by atoms with Crippen molar-refractivity contribution >= 4 is 28.3 Å². The molecule has 0 unspecified atom stereocenters. The van der Waals surface area contributed by atoms with Crippen molar-refractivity contribution in [2.75, 3.05) is 0 Å². The van der Waals surface area contributed by atoms with Gasteiger partial charge in [-0.1, -0.05) is 32.0 Å². The number of halogens is 1.